The third-order valence-electron chi connectivity index (χ3n) is 3.89. The van der Waals surface area contributed by atoms with Crippen LogP contribution in [-0.4, -0.2) is 17.9 Å². The first kappa shape index (κ1) is 16.0. The number of halogens is 1. The summed E-state index contributed by atoms with van der Waals surface area (Å²) >= 11 is 6.31. The predicted octanol–water partition coefficient (Wildman–Crippen LogP) is 4.31. The van der Waals surface area contributed by atoms with E-state index in [1.54, 1.807) is 18.2 Å². The van der Waals surface area contributed by atoms with Crippen molar-refractivity contribution in [3.05, 3.63) is 34.3 Å². The molecule has 1 saturated carbocycles. The fraction of sp³-hybridized carbons (Fsp3) is 0.529. The van der Waals surface area contributed by atoms with E-state index in [2.05, 4.69) is 0 Å². The van der Waals surface area contributed by atoms with Gasteiger partial charge in [-0.25, -0.2) is 0 Å². The lowest BCUT2D eigenvalue weighted by Gasteiger charge is -2.32. The predicted molar refractivity (Wildman–Crippen MR) is 82.8 cm³/mol. The Labute approximate surface area is 130 Å². The molecule has 1 aromatic rings. The zero-order chi connectivity index (χ0) is 15.7. The lowest BCUT2D eigenvalue weighted by Crippen LogP contribution is -2.39. The number of hydrogen-bond acceptors (Lipinski definition) is 3. The van der Waals surface area contributed by atoms with Gasteiger partial charge in [0.2, 0.25) is 0 Å². The largest absolute Gasteiger partial charge is 0.459 e. The Balaban J connectivity index is 2.48. The molecule has 0 heterocycles. The van der Waals surface area contributed by atoms with Crippen LogP contribution in [0.2, 0.25) is 5.02 Å². The first-order valence-corrected chi connectivity index (χ1v) is 7.65. The SMILES string of the molecule is CC(C)(C)OC(=O)C1(c2cc(C=O)ccc2Cl)CCCC1. The minimum absolute atomic E-state index is 0.238. The summed E-state index contributed by atoms with van der Waals surface area (Å²) < 4.78 is 5.62. The van der Waals surface area contributed by atoms with Crippen molar-refractivity contribution in [3.63, 3.8) is 0 Å². The Kier molecular flexibility index (Phi) is 4.43. The number of rotatable bonds is 3. The quantitative estimate of drug-likeness (QED) is 0.617. The third-order valence-corrected chi connectivity index (χ3v) is 4.22. The topological polar surface area (TPSA) is 43.4 Å². The molecule has 0 saturated heterocycles. The van der Waals surface area contributed by atoms with Gasteiger partial charge < -0.3 is 4.74 Å². The van der Waals surface area contributed by atoms with E-state index >= 15 is 0 Å². The summed E-state index contributed by atoms with van der Waals surface area (Å²) in [6.45, 7) is 5.57. The molecule has 0 bridgehead atoms. The highest BCUT2D eigenvalue weighted by Crippen LogP contribution is 2.45. The van der Waals surface area contributed by atoms with E-state index in [1.807, 2.05) is 20.8 Å². The zero-order valence-electron chi connectivity index (χ0n) is 12.7. The normalized spacial score (nSPS) is 17.5. The fourth-order valence-corrected chi connectivity index (χ4v) is 3.22. The van der Waals surface area contributed by atoms with Gasteiger partial charge in [0.15, 0.2) is 0 Å². The number of hydrogen-bond donors (Lipinski definition) is 0. The number of carbonyl (C=O) groups excluding carboxylic acids is 2. The van der Waals surface area contributed by atoms with Crippen LogP contribution >= 0.6 is 11.6 Å². The summed E-state index contributed by atoms with van der Waals surface area (Å²) in [7, 11) is 0. The molecule has 21 heavy (non-hydrogen) atoms. The van der Waals surface area contributed by atoms with Gasteiger partial charge in [-0.2, -0.15) is 0 Å². The first-order chi connectivity index (χ1) is 9.78. The molecule has 114 valence electrons. The van der Waals surface area contributed by atoms with Gasteiger partial charge in [0.25, 0.3) is 0 Å². The summed E-state index contributed by atoms with van der Waals surface area (Å²) in [5.41, 5.74) is -0.00473. The van der Waals surface area contributed by atoms with Crippen LogP contribution in [0.1, 0.15) is 62.4 Å². The molecule has 1 aliphatic carbocycles. The molecule has 1 fully saturated rings. The summed E-state index contributed by atoms with van der Waals surface area (Å²) in [6, 6.07) is 5.08. The van der Waals surface area contributed by atoms with Crippen LogP contribution in [0.15, 0.2) is 18.2 Å². The molecule has 0 spiro atoms. The van der Waals surface area contributed by atoms with Gasteiger partial charge in [-0.15, -0.1) is 0 Å². The van der Waals surface area contributed by atoms with Crippen LogP contribution in [-0.2, 0) is 14.9 Å². The Hall–Kier alpha value is -1.35. The number of benzene rings is 1. The maximum Gasteiger partial charge on any atom is 0.317 e. The highest BCUT2D eigenvalue weighted by Gasteiger charge is 2.46. The summed E-state index contributed by atoms with van der Waals surface area (Å²) in [4.78, 5) is 23.8. The van der Waals surface area contributed by atoms with Crippen molar-refractivity contribution < 1.29 is 14.3 Å². The van der Waals surface area contributed by atoms with Gasteiger partial charge in [-0.1, -0.05) is 30.5 Å². The molecule has 0 atom stereocenters. The van der Waals surface area contributed by atoms with Gasteiger partial charge in [-0.05, 0) is 51.3 Å². The Morgan fingerprint density at radius 1 is 1.29 bits per heavy atom. The van der Waals surface area contributed by atoms with E-state index in [1.165, 1.54) is 0 Å². The minimum atomic E-state index is -0.719. The van der Waals surface area contributed by atoms with Crippen molar-refractivity contribution in [1.29, 1.82) is 0 Å². The molecule has 0 aromatic heterocycles. The summed E-state index contributed by atoms with van der Waals surface area (Å²) in [6.07, 6.45) is 4.12. The highest BCUT2D eigenvalue weighted by molar-refractivity contribution is 6.31. The molecule has 2 rings (SSSR count). The van der Waals surface area contributed by atoms with E-state index in [9.17, 15) is 9.59 Å². The second kappa shape index (κ2) is 5.80. The highest BCUT2D eigenvalue weighted by atomic mass is 35.5. The maximum absolute atomic E-state index is 12.8. The first-order valence-electron chi connectivity index (χ1n) is 7.27. The second-order valence-electron chi connectivity index (χ2n) is 6.65. The average Bonchev–Trinajstić information content (AvgIpc) is 2.88. The van der Waals surface area contributed by atoms with E-state index in [-0.39, 0.29) is 5.97 Å². The average molecular weight is 309 g/mol. The van der Waals surface area contributed by atoms with Crippen LogP contribution in [0.25, 0.3) is 0 Å². The van der Waals surface area contributed by atoms with Gasteiger partial charge in [0.1, 0.15) is 11.9 Å². The van der Waals surface area contributed by atoms with Crippen LogP contribution < -0.4 is 0 Å². The van der Waals surface area contributed by atoms with E-state index in [4.69, 9.17) is 16.3 Å². The molecule has 0 amide bonds. The molecule has 1 aromatic carbocycles. The summed E-state index contributed by atoms with van der Waals surface area (Å²) in [5, 5.41) is 0.522. The number of aldehydes is 1. The Bertz CT molecular complexity index is 552. The minimum Gasteiger partial charge on any atom is -0.459 e. The van der Waals surface area contributed by atoms with Crippen molar-refractivity contribution in [2.24, 2.45) is 0 Å². The number of ether oxygens (including phenoxy) is 1. The van der Waals surface area contributed by atoms with Crippen molar-refractivity contribution in [2.75, 3.05) is 0 Å². The molecule has 3 nitrogen and oxygen atoms in total. The lowest BCUT2D eigenvalue weighted by atomic mass is 9.78. The molecular weight excluding hydrogens is 288 g/mol. The number of carbonyl (C=O) groups is 2. The summed E-state index contributed by atoms with van der Waals surface area (Å²) in [5.74, 6) is -0.238. The second-order valence-corrected chi connectivity index (χ2v) is 7.06. The molecule has 4 heteroatoms. The monoisotopic (exact) mass is 308 g/mol. The fourth-order valence-electron chi connectivity index (χ4n) is 2.92. The van der Waals surface area contributed by atoms with E-state index < -0.39 is 11.0 Å². The molecule has 1 aliphatic rings. The van der Waals surface area contributed by atoms with Gasteiger partial charge in [0.05, 0.1) is 5.41 Å². The van der Waals surface area contributed by atoms with E-state index in [0.29, 0.717) is 23.4 Å². The zero-order valence-corrected chi connectivity index (χ0v) is 13.5. The van der Waals surface area contributed by atoms with Crippen LogP contribution in [0.4, 0.5) is 0 Å². The Morgan fingerprint density at radius 2 is 1.90 bits per heavy atom. The Morgan fingerprint density at radius 3 is 2.43 bits per heavy atom. The van der Waals surface area contributed by atoms with Crippen molar-refractivity contribution in [1.82, 2.24) is 0 Å². The van der Waals surface area contributed by atoms with Crippen molar-refractivity contribution >= 4 is 23.9 Å². The molecule has 0 N–H and O–H groups in total. The van der Waals surface area contributed by atoms with E-state index in [0.717, 1.165) is 24.7 Å². The van der Waals surface area contributed by atoms with Crippen LogP contribution in [0.3, 0.4) is 0 Å². The smallest absolute Gasteiger partial charge is 0.317 e. The molecule has 0 radical (unpaired) electrons. The lowest BCUT2D eigenvalue weighted by molar-refractivity contribution is -0.162. The van der Waals surface area contributed by atoms with Crippen molar-refractivity contribution in [3.8, 4) is 0 Å². The van der Waals surface area contributed by atoms with Crippen LogP contribution in [0, 0.1) is 0 Å². The van der Waals surface area contributed by atoms with Crippen molar-refractivity contribution in [2.45, 2.75) is 57.5 Å². The van der Waals surface area contributed by atoms with Gasteiger partial charge in [-0.3, -0.25) is 9.59 Å². The number of esters is 1. The standard InChI is InChI=1S/C17H21ClO3/c1-16(2,3)21-15(20)17(8-4-5-9-17)13-10-12(11-19)6-7-14(13)18/h6-7,10-11H,4-5,8-9H2,1-3H3. The van der Waals surface area contributed by atoms with Crippen LogP contribution in [0.5, 0.6) is 0 Å². The maximum atomic E-state index is 12.8. The third kappa shape index (κ3) is 3.29. The molecule has 0 aliphatic heterocycles. The molecule has 0 unspecified atom stereocenters. The van der Waals surface area contributed by atoms with Gasteiger partial charge >= 0.3 is 5.97 Å². The van der Waals surface area contributed by atoms with Gasteiger partial charge in [0, 0.05) is 10.6 Å². The molecular formula is C17H21ClO3.